The first-order valence-electron chi connectivity index (χ1n) is 2.62. The molecule has 0 spiro atoms. The Morgan fingerprint density at radius 3 is 2.56 bits per heavy atom. The van der Waals surface area contributed by atoms with E-state index in [9.17, 15) is 0 Å². The topological polar surface area (TPSA) is 12.9 Å². The van der Waals surface area contributed by atoms with E-state index in [4.69, 9.17) is 0 Å². The molecule has 0 N–H and O–H groups in total. The second-order valence-electron chi connectivity index (χ2n) is 2.04. The van der Waals surface area contributed by atoms with Gasteiger partial charge in [0.1, 0.15) is 0 Å². The van der Waals surface area contributed by atoms with Gasteiger partial charge in [-0.1, -0.05) is 19.8 Å². The smallest absolute Gasteiger partial charge is 0 e. The summed E-state index contributed by atoms with van der Waals surface area (Å²) in [5, 5.41) is 2.03. The third-order valence-corrected chi connectivity index (χ3v) is 1.59. The Kier molecular flexibility index (Phi) is 4.30. The van der Waals surface area contributed by atoms with Gasteiger partial charge < -0.3 is 4.37 Å². The fraction of sp³-hybridized carbons (Fsp3) is 0.500. The number of hydrogen-bond acceptors (Lipinski definition) is 2. The molecule has 0 fully saturated rings. The summed E-state index contributed by atoms with van der Waals surface area (Å²) >= 11 is 1.46. The quantitative estimate of drug-likeness (QED) is 0.724. The summed E-state index contributed by atoms with van der Waals surface area (Å²) in [4.78, 5) is 0. The van der Waals surface area contributed by atoms with Gasteiger partial charge in [0.2, 0.25) is 0 Å². The molecule has 1 aromatic rings. The Balaban J connectivity index is 0.000000640. The minimum absolute atomic E-state index is 0. The molecule has 51 valence electrons. The van der Waals surface area contributed by atoms with Crippen LogP contribution in [-0.2, 0) is 20.4 Å². The summed E-state index contributed by atoms with van der Waals surface area (Å²) in [7, 11) is 0. The SMILES string of the molecule is CC(C)c1[c-]nsc1.[Re]. The van der Waals surface area contributed by atoms with Gasteiger partial charge in [-0.2, -0.15) is 17.1 Å². The predicted molar refractivity (Wildman–Crippen MR) is 35.0 cm³/mol. The van der Waals surface area contributed by atoms with E-state index < -0.39 is 0 Å². The summed E-state index contributed by atoms with van der Waals surface area (Å²) in [5.74, 6) is 0.578. The molecule has 1 rings (SSSR count). The average molecular weight is 312 g/mol. The van der Waals surface area contributed by atoms with E-state index in [1.807, 2.05) is 5.38 Å². The average Bonchev–Trinajstić information content (AvgIpc) is 2.12. The van der Waals surface area contributed by atoms with Crippen LogP contribution in [0.3, 0.4) is 0 Å². The molecule has 0 saturated heterocycles. The van der Waals surface area contributed by atoms with Crippen LogP contribution in [0.2, 0.25) is 0 Å². The Morgan fingerprint density at radius 2 is 2.33 bits per heavy atom. The molecular weight excluding hydrogens is 304 g/mol. The van der Waals surface area contributed by atoms with Crippen molar-refractivity contribution in [3.8, 4) is 0 Å². The summed E-state index contributed by atoms with van der Waals surface area (Å²) in [6.45, 7) is 4.28. The van der Waals surface area contributed by atoms with Gasteiger partial charge in [-0.25, -0.2) is 0 Å². The second kappa shape index (κ2) is 4.16. The molecule has 3 heteroatoms. The van der Waals surface area contributed by atoms with E-state index >= 15 is 0 Å². The summed E-state index contributed by atoms with van der Waals surface area (Å²) in [5.41, 5.74) is 1.22. The van der Waals surface area contributed by atoms with E-state index in [2.05, 4.69) is 24.4 Å². The second-order valence-corrected chi connectivity index (χ2v) is 2.67. The summed E-state index contributed by atoms with van der Waals surface area (Å²) < 4.78 is 3.86. The zero-order valence-corrected chi connectivity index (χ0v) is 8.92. The van der Waals surface area contributed by atoms with Crippen LogP contribution in [0, 0.1) is 6.20 Å². The van der Waals surface area contributed by atoms with Crippen molar-refractivity contribution in [2.75, 3.05) is 0 Å². The maximum Gasteiger partial charge on any atom is 0 e. The summed E-state index contributed by atoms with van der Waals surface area (Å²) in [6.07, 6.45) is 2.91. The molecule has 0 aromatic carbocycles. The zero-order chi connectivity index (χ0) is 5.98. The van der Waals surface area contributed by atoms with Crippen molar-refractivity contribution < 1.29 is 20.4 Å². The van der Waals surface area contributed by atoms with E-state index in [1.54, 1.807) is 0 Å². The molecule has 0 unspecified atom stereocenters. The van der Waals surface area contributed by atoms with Crippen LogP contribution in [0.25, 0.3) is 0 Å². The monoisotopic (exact) mass is 313 g/mol. The van der Waals surface area contributed by atoms with E-state index in [0.29, 0.717) is 5.92 Å². The molecular formula is C6H8NReS-. The van der Waals surface area contributed by atoms with Gasteiger partial charge >= 0.3 is 0 Å². The molecule has 0 aliphatic heterocycles. The van der Waals surface area contributed by atoms with Crippen LogP contribution in [0.1, 0.15) is 25.3 Å². The van der Waals surface area contributed by atoms with Crippen molar-refractivity contribution in [2.45, 2.75) is 19.8 Å². The van der Waals surface area contributed by atoms with Crippen LogP contribution in [-0.4, -0.2) is 4.37 Å². The first-order valence-corrected chi connectivity index (χ1v) is 3.46. The van der Waals surface area contributed by atoms with E-state index in [-0.39, 0.29) is 20.4 Å². The van der Waals surface area contributed by atoms with E-state index in [1.165, 1.54) is 17.1 Å². The van der Waals surface area contributed by atoms with Crippen molar-refractivity contribution in [3.05, 3.63) is 17.1 Å². The molecule has 0 aliphatic carbocycles. The van der Waals surface area contributed by atoms with Gasteiger partial charge in [0.15, 0.2) is 0 Å². The van der Waals surface area contributed by atoms with Crippen molar-refractivity contribution in [1.82, 2.24) is 4.37 Å². The minimum Gasteiger partial charge on any atom is -0.325 e. The maximum absolute atomic E-state index is 3.86. The maximum atomic E-state index is 3.86. The fourth-order valence-corrected chi connectivity index (χ4v) is 1.10. The predicted octanol–water partition coefficient (Wildman–Crippen LogP) is 2.06. The number of hydrogen-bond donors (Lipinski definition) is 0. The van der Waals surface area contributed by atoms with Crippen molar-refractivity contribution in [2.24, 2.45) is 0 Å². The van der Waals surface area contributed by atoms with E-state index in [0.717, 1.165) is 0 Å². The third kappa shape index (κ3) is 2.57. The fourth-order valence-electron chi connectivity index (χ4n) is 0.454. The van der Waals surface area contributed by atoms with Crippen LogP contribution in [0.4, 0.5) is 0 Å². The first-order chi connectivity index (χ1) is 3.80. The summed E-state index contributed by atoms with van der Waals surface area (Å²) in [6, 6.07) is 0. The zero-order valence-electron chi connectivity index (χ0n) is 5.39. The Morgan fingerprint density at radius 1 is 1.67 bits per heavy atom. The number of aromatic nitrogens is 1. The van der Waals surface area contributed by atoms with Gasteiger partial charge in [-0.3, -0.25) is 0 Å². The van der Waals surface area contributed by atoms with Gasteiger partial charge in [-0.15, -0.1) is 11.6 Å². The molecule has 0 amide bonds. The molecule has 0 aliphatic rings. The van der Waals surface area contributed by atoms with Crippen molar-refractivity contribution >= 4 is 11.5 Å². The van der Waals surface area contributed by atoms with Gasteiger partial charge in [0.25, 0.3) is 0 Å². The third-order valence-electron chi connectivity index (χ3n) is 1.03. The molecule has 0 atom stereocenters. The molecule has 1 nitrogen and oxygen atoms in total. The molecule has 0 bridgehead atoms. The Bertz CT molecular complexity index is 148. The Labute approximate surface area is 73.3 Å². The largest absolute Gasteiger partial charge is 0.325 e. The molecule has 0 saturated carbocycles. The van der Waals surface area contributed by atoms with Crippen LogP contribution >= 0.6 is 11.5 Å². The van der Waals surface area contributed by atoms with Gasteiger partial charge in [0, 0.05) is 20.4 Å². The van der Waals surface area contributed by atoms with Crippen LogP contribution < -0.4 is 0 Å². The van der Waals surface area contributed by atoms with Gasteiger partial charge in [0.05, 0.1) is 0 Å². The molecule has 1 radical (unpaired) electrons. The standard InChI is InChI=1S/C6H8NS.Re/c1-5(2)6-3-7-8-4-6;/h4-5H,1-2H3;/q-1;. The van der Waals surface area contributed by atoms with Crippen LogP contribution in [0.5, 0.6) is 0 Å². The number of rotatable bonds is 1. The molecule has 9 heavy (non-hydrogen) atoms. The van der Waals surface area contributed by atoms with Crippen LogP contribution in [0.15, 0.2) is 5.38 Å². The van der Waals surface area contributed by atoms with Crippen molar-refractivity contribution in [3.63, 3.8) is 0 Å². The normalized spacial score (nSPS) is 9.22. The minimum atomic E-state index is 0. The number of nitrogens with zero attached hydrogens (tertiary/aromatic N) is 1. The van der Waals surface area contributed by atoms with Crippen molar-refractivity contribution in [1.29, 1.82) is 0 Å². The molecule has 1 aromatic heterocycles. The van der Waals surface area contributed by atoms with Gasteiger partial charge in [-0.05, 0) is 0 Å². The molecule has 1 heterocycles. The Hall–Kier alpha value is 0.292. The first kappa shape index (κ1) is 9.29.